The molecular weight excluding hydrogens is 182 g/mol. The predicted molar refractivity (Wildman–Crippen MR) is 66.3 cm³/mol. The summed E-state index contributed by atoms with van der Waals surface area (Å²) in [5, 5.41) is 0. The molecular formula is C14H17N. The molecule has 1 aliphatic rings. The van der Waals surface area contributed by atoms with Crippen LogP contribution in [0.1, 0.15) is 25.0 Å². The Hall–Kier alpha value is -1.37. The fraction of sp³-hybridized carbons (Fsp3) is 0.357. The van der Waals surface area contributed by atoms with Crippen molar-refractivity contribution in [1.82, 2.24) is 0 Å². The molecule has 1 aromatic carbocycles. The van der Waals surface area contributed by atoms with Crippen LogP contribution in [0.3, 0.4) is 0 Å². The molecule has 2 rings (SSSR count). The van der Waals surface area contributed by atoms with Crippen LogP contribution >= 0.6 is 0 Å². The van der Waals surface area contributed by atoms with E-state index in [1.54, 1.807) is 0 Å². The summed E-state index contributed by atoms with van der Waals surface area (Å²) in [6.07, 6.45) is 5.28. The third-order valence-corrected chi connectivity index (χ3v) is 2.58. The zero-order valence-electron chi connectivity index (χ0n) is 9.40. The van der Waals surface area contributed by atoms with Crippen LogP contribution in [0, 0.1) is 5.92 Å². The molecule has 0 aliphatic carbocycles. The molecule has 78 valence electrons. The van der Waals surface area contributed by atoms with Crippen molar-refractivity contribution in [3.63, 3.8) is 0 Å². The lowest BCUT2D eigenvalue weighted by molar-refractivity contribution is 0.647. The third kappa shape index (κ3) is 2.56. The van der Waals surface area contributed by atoms with E-state index in [4.69, 9.17) is 0 Å². The van der Waals surface area contributed by atoms with Crippen LogP contribution in [-0.4, -0.2) is 12.8 Å². The average molecular weight is 199 g/mol. The normalized spacial score (nSPS) is 14.7. The molecule has 1 aromatic rings. The third-order valence-electron chi connectivity index (χ3n) is 2.58. The lowest BCUT2D eigenvalue weighted by atomic mass is 10.00. The maximum atomic E-state index is 4.19. The molecule has 0 radical (unpaired) electrons. The summed E-state index contributed by atoms with van der Waals surface area (Å²) in [7, 11) is 0. The summed E-state index contributed by atoms with van der Waals surface area (Å²) >= 11 is 0. The number of aliphatic imine (C=N–C) groups is 1. The van der Waals surface area contributed by atoms with E-state index in [9.17, 15) is 0 Å². The van der Waals surface area contributed by atoms with Crippen LogP contribution in [0.4, 0.5) is 0 Å². The number of nitrogens with zero attached hydrogens (tertiary/aromatic N) is 1. The van der Waals surface area contributed by atoms with Gasteiger partial charge in [0.05, 0.1) is 6.54 Å². The number of benzene rings is 1. The highest BCUT2D eigenvalue weighted by Gasteiger charge is 2.03. The Morgan fingerprint density at radius 3 is 2.47 bits per heavy atom. The first-order valence-corrected chi connectivity index (χ1v) is 5.55. The van der Waals surface area contributed by atoms with Gasteiger partial charge in [0.1, 0.15) is 0 Å². The number of allylic oxidation sites excluding steroid dienone is 1. The lowest BCUT2D eigenvalue weighted by Crippen LogP contribution is -1.94. The molecule has 0 saturated heterocycles. The lowest BCUT2D eigenvalue weighted by Gasteiger charge is -2.06. The van der Waals surface area contributed by atoms with Gasteiger partial charge in [0, 0.05) is 6.21 Å². The molecule has 1 nitrogen and oxygen atoms in total. The number of rotatable bonds is 3. The number of hydrogen-bond donors (Lipinski definition) is 0. The zero-order chi connectivity index (χ0) is 10.7. The van der Waals surface area contributed by atoms with Gasteiger partial charge < -0.3 is 0 Å². The number of hydrogen-bond acceptors (Lipinski definition) is 1. The highest BCUT2D eigenvalue weighted by atomic mass is 14.7. The van der Waals surface area contributed by atoms with Gasteiger partial charge in [-0.2, -0.15) is 0 Å². The molecule has 1 heterocycles. The van der Waals surface area contributed by atoms with E-state index in [1.165, 1.54) is 16.7 Å². The van der Waals surface area contributed by atoms with E-state index in [0.29, 0.717) is 0 Å². The molecule has 1 aliphatic heterocycles. The minimum absolute atomic E-state index is 0.725. The van der Waals surface area contributed by atoms with Crippen molar-refractivity contribution in [3.05, 3.63) is 41.5 Å². The van der Waals surface area contributed by atoms with Gasteiger partial charge in [0.25, 0.3) is 0 Å². The van der Waals surface area contributed by atoms with Crippen molar-refractivity contribution >= 4 is 11.8 Å². The van der Waals surface area contributed by atoms with Gasteiger partial charge in [-0.25, -0.2) is 0 Å². The van der Waals surface area contributed by atoms with Gasteiger partial charge in [0.15, 0.2) is 0 Å². The summed E-state index contributed by atoms with van der Waals surface area (Å²) in [6, 6.07) is 8.84. The van der Waals surface area contributed by atoms with E-state index < -0.39 is 0 Å². The molecule has 0 atom stereocenters. The second kappa shape index (κ2) is 4.43. The van der Waals surface area contributed by atoms with Gasteiger partial charge in [0.2, 0.25) is 0 Å². The smallest absolute Gasteiger partial charge is 0.0580 e. The van der Waals surface area contributed by atoms with Crippen molar-refractivity contribution in [1.29, 1.82) is 0 Å². The second-order valence-electron chi connectivity index (χ2n) is 4.45. The topological polar surface area (TPSA) is 12.4 Å². The molecule has 0 saturated carbocycles. The molecule has 0 amide bonds. The van der Waals surface area contributed by atoms with Crippen LogP contribution in [0.15, 0.2) is 35.3 Å². The molecule has 1 heteroatoms. The van der Waals surface area contributed by atoms with Gasteiger partial charge >= 0.3 is 0 Å². The van der Waals surface area contributed by atoms with Crippen LogP contribution < -0.4 is 0 Å². The SMILES string of the molecule is CC(C)Cc1ccc(C2=CCN=C2)cc1. The monoisotopic (exact) mass is 199 g/mol. The Morgan fingerprint density at radius 2 is 1.93 bits per heavy atom. The maximum absolute atomic E-state index is 4.19. The molecule has 0 spiro atoms. The Morgan fingerprint density at radius 1 is 1.20 bits per heavy atom. The van der Waals surface area contributed by atoms with E-state index >= 15 is 0 Å². The average Bonchev–Trinajstić information content (AvgIpc) is 2.71. The minimum Gasteiger partial charge on any atom is -0.288 e. The fourth-order valence-electron chi connectivity index (χ4n) is 1.85. The van der Waals surface area contributed by atoms with Crippen molar-refractivity contribution in [2.45, 2.75) is 20.3 Å². The van der Waals surface area contributed by atoms with Crippen LogP contribution in [-0.2, 0) is 6.42 Å². The first kappa shape index (κ1) is 10.2. The van der Waals surface area contributed by atoms with Crippen LogP contribution in [0.5, 0.6) is 0 Å². The molecule has 0 aromatic heterocycles. The predicted octanol–water partition coefficient (Wildman–Crippen LogP) is 3.35. The summed E-state index contributed by atoms with van der Waals surface area (Å²) in [5.74, 6) is 0.725. The van der Waals surface area contributed by atoms with Gasteiger partial charge in [-0.3, -0.25) is 4.99 Å². The Bertz CT molecular complexity index is 382. The van der Waals surface area contributed by atoms with E-state index in [2.05, 4.69) is 49.2 Å². The minimum atomic E-state index is 0.725. The van der Waals surface area contributed by atoms with Crippen molar-refractivity contribution in [2.24, 2.45) is 10.9 Å². The second-order valence-corrected chi connectivity index (χ2v) is 4.45. The summed E-state index contributed by atoms with van der Waals surface area (Å²) in [6.45, 7) is 5.34. The largest absolute Gasteiger partial charge is 0.288 e. The summed E-state index contributed by atoms with van der Waals surface area (Å²) in [4.78, 5) is 4.19. The molecule has 15 heavy (non-hydrogen) atoms. The first-order valence-electron chi connectivity index (χ1n) is 5.55. The van der Waals surface area contributed by atoms with Crippen LogP contribution in [0.25, 0.3) is 5.57 Å². The quantitative estimate of drug-likeness (QED) is 0.708. The highest BCUT2D eigenvalue weighted by Crippen LogP contribution is 2.17. The maximum Gasteiger partial charge on any atom is 0.0580 e. The molecule has 0 N–H and O–H groups in total. The Balaban J connectivity index is 2.13. The van der Waals surface area contributed by atoms with Crippen molar-refractivity contribution in [2.75, 3.05) is 6.54 Å². The molecule has 0 bridgehead atoms. The van der Waals surface area contributed by atoms with E-state index in [1.807, 2.05) is 6.21 Å². The first-order chi connectivity index (χ1) is 7.25. The molecule has 0 fully saturated rings. The van der Waals surface area contributed by atoms with Crippen LogP contribution in [0.2, 0.25) is 0 Å². The summed E-state index contributed by atoms with van der Waals surface area (Å²) < 4.78 is 0. The summed E-state index contributed by atoms with van der Waals surface area (Å²) in [5.41, 5.74) is 3.96. The van der Waals surface area contributed by atoms with E-state index in [-0.39, 0.29) is 0 Å². The van der Waals surface area contributed by atoms with Crippen molar-refractivity contribution in [3.8, 4) is 0 Å². The van der Waals surface area contributed by atoms with E-state index in [0.717, 1.165) is 18.9 Å². The standard InChI is InChI=1S/C14H17N/c1-11(2)9-12-3-5-13(6-4-12)14-7-8-15-10-14/h3-7,10-11H,8-9H2,1-2H3. The highest BCUT2D eigenvalue weighted by molar-refractivity contribution is 6.11. The zero-order valence-corrected chi connectivity index (χ0v) is 9.40. The Labute approximate surface area is 91.6 Å². The van der Waals surface area contributed by atoms with Gasteiger partial charge in [-0.1, -0.05) is 44.2 Å². The molecule has 0 unspecified atom stereocenters. The fourth-order valence-corrected chi connectivity index (χ4v) is 1.85. The van der Waals surface area contributed by atoms with Crippen molar-refractivity contribution < 1.29 is 0 Å². The Kier molecular flexibility index (Phi) is 3.00. The van der Waals surface area contributed by atoms with Gasteiger partial charge in [-0.15, -0.1) is 0 Å². The van der Waals surface area contributed by atoms with Gasteiger partial charge in [-0.05, 0) is 29.0 Å².